The Balaban J connectivity index is 0.989. The number of carbonyl (C=O) groups excluding carboxylic acids is 1. The molecule has 8 rings (SSSR count). The van der Waals surface area contributed by atoms with Gasteiger partial charge in [0.1, 0.15) is 30.3 Å². The quantitative estimate of drug-likeness (QED) is 0.0421. The molecule has 2 saturated heterocycles. The third kappa shape index (κ3) is 11.8. The van der Waals surface area contributed by atoms with Crippen molar-refractivity contribution in [2.45, 2.75) is 44.0 Å². The average Bonchev–Trinajstić information content (AvgIpc) is 3.77. The fourth-order valence-corrected chi connectivity index (χ4v) is 11.9. The number of halogens is 1. The smallest absolute Gasteiger partial charge is 0.293 e. The number of ether oxygens (including phenoxy) is 2. The van der Waals surface area contributed by atoms with E-state index < -0.39 is 38.9 Å². The number of nitro groups is 1. The normalized spacial score (nSPS) is 18.4. The summed E-state index contributed by atoms with van der Waals surface area (Å²) in [6.45, 7) is 12.5. The molecule has 1 atom stereocenters. The number of allylic oxidation sites excluding steroid dienone is 1. The summed E-state index contributed by atoms with van der Waals surface area (Å²) in [4.78, 5) is 50.2. The zero-order valence-corrected chi connectivity index (χ0v) is 40.8. The number of pyridine rings is 1. The summed E-state index contributed by atoms with van der Waals surface area (Å²) in [5.74, 6) is -0.522. The van der Waals surface area contributed by atoms with Crippen molar-refractivity contribution in [3.8, 4) is 11.5 Å². The number of fused-ring (bicyclic) bond motifs is 1. The topological polar surface area (TPSA) is 195 Å². The van der Waals surface area contributed by atoms with Crippen molar-refractivity contribution < 1.29 is 32.5 Å². The lowest BCUT2D eigenvalue weighted by molar-refractivity contribution is -0.384. The van der Waals surface area contributed by atoms with Crippen LogP contribution in [0.1, 0.15) is 49.0 Å². The second-order valence-corrected chi connectivity index (χ2v) is 24.4. The van der Waals surface area contributed by atoms with E-state index in [-0.39, 0.29) is 35.0 Å². The Morgan fingerprint density at radius 1 is 1.03 bits per heavy atom. The van der Waals surface area contributed by atoms with E-state index in [9.17, 15) is 28.2 Å². The highest BCUT2D eigenvalue weighted by atomic mass is 35.5. The number of nitrogens with zero attached hydrogens (tertiary/aromatic N) is 5. The van der Waals surface area contributed by atoms with E-state index in [1.807, 2.05) is 24.9 Å². The molecule has 4 heterocycles. The molecule has 67 heavy (non-hydrogen) atoms. The number of carbonyl (C=O) groups is 1. The molecule has 2 aliphatic heterocycles. The Morgan fingerprint density at radius 2 is 1.78 bits per heavy atom. The molecule has 2 aromatic heterocycles. The van der Waals surface area contributed by atoms with Gasteiger partial charge in [-0.3, -0.25) is 29.6 Å². The maximum Gasteiger partial charge on any atom is 0.293 e. The highest BCUT2D eigenvalue weighted by molar-refractivity contribution is 7.90. The number of methoxy groups -OCH3 is 1. The molecule has 16 nitrogen and oxygen atoms in total. The van der Waals surface area contributed by atoms with E-state index in [1.54, 1.807) is 31.5 Å². The van der Waals surface area contributed by atoms with Gasteiger partial charge >= 0.3 is 0 Å². The van der Waals surface area contributed by atoms with Crippen LogP contribution >= 0.6 is 19.1 Å². The minimum atomic E-state index is -4.62. The first kappa shape index (κ1) is 48.3. The maximum atomic E-state index is 14.0. The molecule has 0 spiro atoms. The standard InChI is InChI=1S/C48H58ClN8O8PS/c1-48(2)15-13-35(42(28-48)33-5-7-36(49)8-6-33)31-54-17-19-55(20-18-54)37-9-11-41(45(26-37)65-39-25-34-14-16-50-46(34)52-30-39)47(58)53-67(62,63)40-10-12-43(44(27-40)57(59)60)51-29-38(32-64-3)56-21-23-66(4,61)24-22-56/h5-12,14,16,25-27,30,38,51,61H,13,15,17-24,28-29,31-32H2,1-4H3,(H-,50,52,53,58)/p+1. The van der Waals surface area contributed by atoms with Gasteiger partial charge in [-0.15, -0.1) is 0 Å². The molecule has 5 aromatic rings. The predicted octanol–water partition coefficient (Wildman–Crippen LogP) is 8.12. The lowest BCUT2D eigenvalue weighted by Gasteiger charge is -2.39. The number of aromatic amines is 1. The molecule has 0 saturated carbocycles. The number of sulfonamides is 1. The lowest BCUT2D eigenvalue weighted by atomic mass is 9.72. The molecule has 4 N–H and O–H groups in total. The molecule has 19 heteroatoms. The Bertz CT molecular complexity index is 2750. The van der Waals surface area contributed by atoms with Crippen molar-refractivity contribution in [1.29, 1.82) is 0 Å². The van der Waals surface area contributed by atoms with Crippen molar-refractivity contribution in [1.82, 2.24) is 24.5 Å². The second-order valence-electron chi connectivity index (χ2n) is 18.7. The Kier molecular flexibility index (Phi) is 14.6. The maximum absolute atomic E-state index is 14.0. The molecule has 3 aromatic carbocycles. The zero-order valence-electron chi connectivity index (χ0n) is 38.3. The number of rotatable bonds is 16. The zero-order chi connectivity index (χ0) is 47.5. The van der Waals surface area contributed by atoms with E-state index in [1.165, 1.54) is 41.1 Å². The van der Waals surface area contributed by atoms with Crippen molar-refractivity contribution >= 4 is 68.7 Å². The molecule has 0 radical (unpaired) electrons. The number of nitro benzene ring substituents is 1. The summed E-state index contributed by atoms with van der Waals surface area (Å²) in [5.41, 5.74) is 5.34. The van der Waals surface area contributed by atoms with Gasteiger partial charge < -0.3 is 24.7 Å². The fraction of sp³-hybridized carbons (Fsp3) is 0.417. The molecule has 1 unspecified atom stereocenters. The molecule has 356 valence electrons. The van der Waals surface area contributed by atoms with Gasteiger partial charge in [-0.25, -0.2) is 18.1 Å². The molecular formula is C48H59ClN8O8PS+. The van der Waals surface area contributed by atoms with Crippen LogP contribution in [-0.2, 0) is 14.8 Å². The third-order valence-corrected chi connectivity index (χ3v) is 17.1. The molecular weight excluding hydrogens is 915 g/mol. The average molecular weight is 975 g/mol. The lowest BCUT2D eigenvalue weighted by Crippen LogP contribution is -2.48. The first-order valence-corrected chi connectivity index (χ1v) is 27.0. The third-order valence-electron chi connectivity index (χ3n) is 13.2. The fourth-order valence-electron chi connectivity index (χ4n) is 9.19. The number of nitrogens with one attached hydrogen (secondary N) is 3. The van der Waals surface area contributed by atoms with Gasteiger partial charge in [-0.2, -0.15) is 0 Å². The molecule has 2 fully saturated rings. The van der Waals surface area contributed by atoms with Crippen LogP contribution in [0.2, 0.25) is 5.02 Å². The molecule has 1 amide bonds. The number of amides is 1. The number of hydrogen-bond acceptors (Lipinski definition) is 13. The Morgan fingerprint density at radius 3 is 2.49 bits per heavy atom. The van der Waals surface area contributed by atoms with Crippen LogP contribution in [0.5, 0.6) is 11.5 Å². The van der Waals surface area contributed by atoms with E-state index in [0.717, 1.165) is 61.1 Å². The van der Waals surface area contributed by atoms with Gasteiger partial charge in [0.05, 0.1) is 53.2 Å². The van der Waals surface area contributed by atoms with E-state index in [0.29, 0.717) is 56.5 Å². The minimum absolute atomic E-state index is 0.0552. The number of piperazine rings is 1. The van der Waals surface area contributed by atoms with Gasteiger partial charge in [0, 0.05) is 93.9 Å². The van der Waals surface area contributed by atoms with Crippen molar-refractivity contribution in [3.05, 3.63) is 117 Å². The highest BCUT2D eigenvalue weighted by Crippen LogP contribution is 2.52. The summed E-state index contributed by atoms with van der Waals surface area (Å²) < 4.78 is 41.6. The Hall–Kier alpha value is -5.13. The van der Waals surface area contributed by atoms with Gasteiger partial charge in [0.2, 0.25) is 0 Å². The largest absolute Gasteiger partial charge is 0.455 e. The van der Waals surface area contributed by atoms with Gasteiger partial charge in [0.25, 0.3) is 21.6 Å². The van der Waals surface area contributed by atoms with Gasteiger partial charge in [0.15, 0.2) is 0 Å². The van der Waals surface area contributed by atoms with E-state index in [4.69, 9.17) is 21.1 Å². The molecule has 1 aliphatic carbocycles. The van der Waals surface area contributed by atoms with Gasteiger partial charge in [-0.05, 0) is 84.3 Å². The monoisotopic (exact) mass is 973 g/mol. The van der Waals surface area contributed by atoms with E-state index >= 15 is 0 Å². The predicted molar refractivity (Wildman–Crippen MR) is 266 cm³/mol. The molecule has 3 aliphatic rings. The second kappa shape index (κ2) is 20.2. The SMILES string of the molecule is COCC(CNc1ccc(S(=O)(=O)NC(=O)c2ccc(N3CCN(CC4=C(c5ccc(Cl)cc5)CC(C)(C)CC4)CC3)cc2Oc2cnc3[nH]ccc3c2)cc1[N+](=O)[O-])N1CC[P+](C)(O)CC1. The van der Waals surface area contributed by atoms with Gasteiger partial charge in [-0.1, -0.05) is 43.2 Å². The van der Waals surface area contributed by atoms with Crippen molar-refractivity contribution in [2.75, 3.05) is 95.3 Å². The summed E-state index contributed by atoms with van der Waals surface area (Å²) in [6.07, 6.45) is 7.82. The van der Waals surface area contributed by atoms with Crippen LogP contribution in [0, 0.1) is 15.5 Å². The summed E-state index contributed by atoms with van der Waals surface area (Å²) in [6, 6.07) is 20.2. The highest BCUT2D eigenvalue weighted by Gasteiger charge is 2.37. The van der Waals surface area contributed by atoms with Crippen LogP contribution in [0.4, 0.5) is 17.1 Å². The molecule has 0 bridgehead atoms. The minimum Gasteiger partial charge on any atom is -0.455 e. The van der Waals surface area contributed by atoms with Crippen LogP contribution < -0.4 is 19.7 Å². The van der Waals surface area contributed by atoms with Crippen molar-refractivity contribution in [2.24, 2.45) is 5.41 Å². The first-order chi connectivity index (χ1) is 32.0. The number of benzene rings is 3. The number of hydrogen-bond donors (Lipinski definition) is 4. The van der Waals surface area contributed by atoms with Crippen LogP contribution in [-0.4, -0.2) is 135 Å². The summed E-state index contributed by atoms with van der Waals surface area (Å²) in [7, 11) is -4.97. The van der Waals surface area contributed by atoms with Crippen LogP contribution in [0.15, 0.2) is 95.7 Å². The van der Waals surface area contributed by atoms with Crippen molar-refractivity contribution in [3.63, 3.8) is 0 Å². The number of H-pyrrole nitrogens is 1. The van der Waals surface area contributed by atoms with Crippen LogP contribution in [0.25, 0.3) is 16.6 Å². The summed E-state index contributed by atoms with van der Waals surface area (Å²) >= 11 is 6.25. The van der Waals surface area contributed by atoms with E-state index in [2.05, 4.69) is 60.7 Å². The number of anilines is 2. The first-order valence-electron chi connectivity index (χ1n) is 22.5. The summed E-state index contributed by atoms with van der Waals surface area (Å²) in [5, 5.41) is 16.9. The van der Waals surface area contributed by atoms with Crippen LogP contribution in [0.3, 0.4) is 0 Å². The Labute approximate surface area is 397 Å². The number of aromatic nitrogens is 2.